The number of carbonyl (C=O) groups excluding carboxylic acids is 1. The van der Waals surface area contributed by atoms with Gasteiger partial charge in [-0.05, 0) is 89.9 Å². The smallest absolute Gasteiger partial charge is 0.472 e. The molecule has 0 saturated carbocycles. The van der Waals surface area contributed by atoms with Crippen molar-refractivity contribution in [2.24, 2.45) is 5.73 Å². The van der Waals surface area contributed by atoms with Crippen LogP contribution >= 0.6 is 7.82 Å². The molecule has 4 N–H and O–H groups in total. The Morgan fingerprint density at radius 2 is 0.983 bits per heavy atom. The van der Waals surface area contributed by atoms with Gasteiger partial charge in [-0.25, -0.2) is 4.57 Å². The van der Waals surface area contributed by atoms with Crippen LogP contribution in [0.5, 0.6) is 0 Å². The van der Waals surface area contributed by atoms with Crippen molar-refractivity contribution in [3.05, 3.63) is 97.2 Å². The van der Waals surface area contributed by atoms with Crippen molar-refractivity contribution in [1.82, 2.24) is 0 Å². The van der Waals surface area contributed by atoms with Gasteiger partial charge < -0.3 is 25.2 Å². The first-order chi connectivity index (χ1) is 28.7. The van der Waals surface area contributed by atoms with Crippen molar-refractivity contribution in [3.8, 4) is 0 Å². The van der Waals surface area contributed by atoms with E-state index in [0.29, 0.717) is 19.4 Å². The van der Waals surface area contributed by atoms with Crippen LogP contribution < -0.4 is 5.73 Å². The lowest BCUT2D eigenvalue weighted by Gasteiger charge is -2.20. The Bertz CT molecular complexity index is 1300. The number of aliphatic carboxylic acids is 1. The third-order valence-corrected chi connectivity index (χ3v) is 9.80. The molecule has 0 bridgehead atoms. The zero-order valence-corrected chi connectivity index (χ0v) is 37.4. The molecule has 0 radical (unpaired) electrons. The molecule has 10 nitrogen and oxygen atoms in total. The topological polar surface area (TPSA) is 155 Å². The first-order valence-corrected chi connectivity index (χ1v) is 23.8. The molecule has 0 rings (SSSR count). The molecule has 0 aromatic heterocycles. The molecule has 0 aliphatic carbocycles. The van der Waals surface area contributed by atoms with Crippen molar-refractivity contribution in [1.29, 1.82) is 0 Å². The summed E-state index contributed by atoms with van der Waals surface area (Å²) >= 11 is 0. The molecule has 0 amide bonds. The molecule has 0 spiro atoms. The highest BCUT2D eigenvalue weighted by Crippen LogP contribution is 2.43. The Labute approximate surface area is 358 Å². The summed E-state index contributed by atoms with van der Waals surface area (Å²) < 4.78 is 33.3. The molecule has 0 aromatic rings. The fourth-order valence-corrected chi connectivity index (χ4v) is 6.19. The quantitative estimate of drug-likeness (QED) is 0.0234. The third kappa shape index (κ3) is 42.8. The summed E-state index contributed by atoms with van der Waals surface area (Å²) in [6, 6.07) is -1.49. The minimum Gasteiger partial charge on any atom is -0.480 e. The van der Waals surface area contributed by atoms with E-state index in [-0.39, 0.29) is 13.0 Å². The number of carboxylic acids is 1. The first kappa shape index (κ1) is 55.9. The van der Waals surface area contributed by atoms with E-state index in [2.05, 4.69) is 105 Å². The van der Waals surface area contributed by atoms with E-state index in [1.807, 2.05) is 6.08 Å². The molecular weight excluding hydrogens is 766 g/mol. The number of allylic oxidation sites excluding steroid dienone is 16. The van der Waals surface area contributed by atoms with E-state index in [1.165, 1.54) is 51.4 Å². The lowest BCUT2D eigenvalue weighted by molar-refractivity contribution is -0.154. The van der Waals surface area contributed by atoms with Crippen molar-refractivity contribution in [3.63, 3.8) is 0 Å². The van der Waals surface area contributed by atoms with Crippen LogP contribution in [0.25, 0.3) is 0 Å². The number of phosphoric acid groups is 1. The van der Waals surface area contributed by atoms with E-state index >= 15 is 0 Å². The summed E-state index contributed by atoms with van der Waals surface area (Å²) in [7, 11) is -4.64. The zero-order valence-electron chi connectivity index (χ0n) is 36.6. The van der Waals surface area contributed by atoms with Gasteiger partial charge in [-0.1, -0.05) is 156 Å². The number of phosphoric ester groups is 1. The first-order valence-electron chi connectivity index (χ1n) is 22.3. The van der Waals surface area contributed by atoms with E-state index < -0.39 is 45.1 Å². The van der Waals surface area contributed by atoms with Gasteiger partial charge in [0.05, 0.1) is 19.8 Å². The number of rotatable bonds is 41. The number of unbranched alkanes of at least 4 members (excludes halogenated alkanes) is 11. The summed E-state index contributed by atoms with van der Waals surface area (Å²) in [5.41, 5.74) is 5.35. The van der Waals surface area contributed by atoms with Gasteiger partial charge in [-0.15, -0.1) is 0 Å². The second-order valence-electron chi connectivity index (χ2n) is 14.4. The predicted octanol–water partition coefficient (Wildman–Crippen LogP) is 12.5. The molecule has 11 heteroatoms. The number of hydrogen-bond donors (Lipinski definition) is 3. The van der Waals surface area contributed by atoms with Crippen LogP contribution in [0.4, 0.5) is 0 Å². The number of carboxylic acid groups (broad SMARTS) is 1. The van der Waals surface area contributed by atoms with Crippen LogP contribution in [-0.4, -0.2) is 60.5 Å². The van der Waals surface area contributed by atoms with Crippen LogP contribution in [0, 0.1) is 0 Å². The van der Waals surface area contributed by atoms with Gasteiger partial charge in [0.25, 0.3) is 0 Å². The van der Waals surface area contributed by atoms with Crippen LogP contribution in [0.3, 0.4) is 0 Å². The average molecular weight is 846 g/mol. The maximum atomic E-state index is 12.6. The fraction of sp³-hybridized carbons (Fsp3) is 0.625. The highest BCUT2D eigenvalue weighted by Gasteiger charge is 2.27. The van der Waals surface area contributed by atoms with Crippen molar-refractivity contribution in [2.45, 2.75) is 167 Å². The highest BCUT2D eigenvalue weighted by molar-refractivity contribution is 7.47. The van der Waals surface area contributed by atoms with Crippen molar-refractivity contribution >= 4 is 19.8 Å². The Balaban J connectivity index is 4.36. The van der Waals surface area contributed by atoms with Crippen LogP contribution in [0.1, 0.15) is 155 Å². The van der Waals surface area contributed by atoms with Gasteiger partial charge in [0.1, 0.15) is 12.1 Å². The lowest BCUT2D eigenvalue weighted by atomic mass is 10.1. The minimum atomic E-state index is -4.64. The van der Waals surface area contributed by atoms with Gasteiger partial charge >= 0.3 is 19.8 Å². The standard InChI is InChI=1S/C48H80NO9P/c1-3-5-7-9-11-13-15-17-19-21-22-23-25-27-29-31-33-35-37-39-41-55-42-45(43-56-59(53,54)57-44-46(49)48(51)52)58-47(50)40-38-36-34-32-30-28-26-24-20-18-16-14-12-10-8-6-4-2/h6,8,11-14,17-20,22-23,26,28,32,34,45-46H,3-5,7,9-10,15-16,21,24-25,27,29-31,33,35-44,49H2,1-2H3,(H,51,52)(H,53,54)/b8-6-,13-11-,14-12-,19-17-,20-18-,23-22-,28-26-,34-32-. The molecular formula is C48H80NO9P. The van der Waals surface area contributed by atoms with Crippen LogP contribution in [0.15, 0.2) is 97.2 Å². The van der Waals surface area contributed by atoms with Crippen LogP contribution in [-0.2, 0) is 32.7 Å². The van der Waals surface area contributed by atoms with E-state index in [0.717, 1.165) is 70.6 Å². The minimum absolute atomic E-state index is 0.0192. The molecule has 0 heterocycles. The average Bonchev–Trinajstić information content (AvgIpc) is 3.21. The molecule has 336 valence electrons. The highest BCUT2D eigenvalue weighted by atomic mass is 31.2. The maximum Gasteiger partial charge on any atom is 0.472 e. The normalized spacial score (nSPS) is 14.8. The zero-order chi connectivity index (χ0) is 43.3. The molecule has 0 aromatic carbocycles. The molecule has 0 saturated heterocycles. The number of carbonyl (C=O) groups is 2. The van der Waals surface area contributed by atoms with Gasteiger partial charge in [-0.2, -0.15) is 0 Å². The summed E-state index contributed by atoms with van der Waals surface area (Å²) in [5, 5.41) is 8.90. The number of hydrogen-bond acceptors (Lipinski definition) is 8. The summed E-state index contributed by atoms with van der Waals surface area (Å²) in [6.07, 6.45) is 56.1. The van der Waals surface area contributed by atoms with Crippen molar-refractivity contribution in [2.75, 3.05) is 26.4 Å². The van der Waals surface area contributed by atoms with E-state index in [9.17, 15) is 19.0 Å². The van der Waals surface area contributed by atoms with E-state index in [1.54, 1.807) is 0 Å². The predicted molar refractivity (Wildman–Crippen MR) is 244 cm³/mol. The van der Waals surface area contributed by atoms with Gasteiger partial charge in [0, 0.05) is 13.0 Å². The Morgan fingerprint density at radius 1 is 0.559 bits per heavy atom. The molecule has 0 aliphatic heterocycles. The summed E-state index contributed by atoms with van der Waals surface area (Å²) in [6.45, 7) is 3.62. The summed E-state index contributed by atoms with van der Waals surface area (Å²) in [5.74, 6) is -1.85. The number of esters is 1. The SMILES string of the molecule is CC/C=C\C/C=C\C/C=C\C/C=C\C/C=C\CCCC(=O)OC(COCCCCCCCCC/C=C\C/C=C\C/C=C\CCCCC)COP(=O)(O)OCC(N)C(=O)O. The fourth-order valence-electron chi connectivity index (χ4n) is 5.41. The monoisotopic (exact) mass is 846 g/mol. The largest absolute Gasteiger partial charge is 0.480 e. The maximum absolute atomic E-state index is 12.6. The van der Waals surface area contributed by atoms with Gasteiger partial charge in [-0.3, -0.25) is 18.6 Å². The molecule has 3 unspecified atom stereocenters. The molecule has 59 heavy (non-hydrogen) atoms. The summed E-state index contributed by atoms with van der Waals surface area (Å²) in [4.78, 5) is 33.5. The Kier molecular flexibility index (Phi) is 40.7. The molecule has 0 fully saturated rings. The lowest BCUT2D eigenvalue weighted by Crippen LogP contribution is -2.34. The number of ether oxygens (including phenoxy) is 2. The molecule has 0 aliphatic rings. The van der Waals surface area contributed by atoms with E-state index in [4.69, 9.17) is 29.4 Å². The van der Waals surface area contributed by atoms with Gasteiger partial charge in [0.15, 0.2) is 0 Å². The third-order valence-electron chi connectivity index (χ3n) is 8.85. The van der Waals surface area contributed by atoms with Crippen LogP contribution in [0.2, 0.25) is 0 Å². The second-order valence-corrected chi connectivity index (χ2v) is 15.9. The Hall–Kier alpha value is -3.11. The van der Waals surface area contributed by atoms with Crippen molar-refractivity contribution < 1.29 is 42.7 Å². The number of nitrogens with two attached hydrogens (primary N) is 1. The Morgan fingerprint density at radius 3 is 1.47 bits per heavy atom. The van der Waals surface area contributed by atoms with Gasteiger partial charge in [0.2, 0.25) is 0 Å². The second kappa shape index (κ2) is 43.0. The molecule has 3 atom stereocenters.